The molecule has 0 spiro atoms. The zero-order chi connectivity index (χ0) is 81.5. The van der Waals surface area contributed by atoms with Crippen LogP contribution in [0.5, 0.6) is 0 Å². The van der Waals surface area contributed by atoms with Crippen LogP contribution in [-0.2, 0) is 32.5 Å². The molecular weight excluding hydrogens is 1400 g/mol. The Morgan fingerprint density at radius 3 is 0.741 bits per heavy atom. The van der Waals surface area contributed by atoms with Gasteiger partial charge in [-0.25, -0.2) is 0 Å². The quantitative estimate of drug-likeness (QED) is 0.0353. The molecule has 0 bridgehead atoms. The van der Waals surface area contributed by atoms with Crippen LogP contribution < -0.4 is 9.80 Å². The van der Waals surface area contributed by atoms with Crippen molar-refractivity contribution in [2.45, 2.75) is 309 Å². The van der Waals surface area contributed by atoms with Gasteiger partial charge in [-0.15, -0.1) is 0 Å². The summed E-state index contributed by atoms with van der Waals surface area (Å²) in [7, 11) is 0. The number of hydrogen-bond acceptors (Lipinski definition) is 2. The van der Waals surface area contributed by atoms with E-state index in [2.05, 4.69) is 362 Å². The van der Waals surface area contributed by atoms with Crippen LogP contribution in [0.3, 0.4) is 0 Å². The summed E-state index contributed by atoms with van der Waals surface area (Å²) in [5, 5.41) is 0. The molecule has 0 heterocycles. The van der Waals surface area contributed by atoms with Crippen LogP contribution in [0.4, 0.5) is 34.1 Å². The highest BCUT2D eigenvalue weighted by Gasteiger charge is 2.50. The Bertz CT molecular complexity index is 4870. The topological polar surface area (TPSA) is 6.48 Å². The minimum Gasteiger partial charge on any atom is -0.311 e. The maximum atomic E-state index is 2.87. The van der Waals surface area contributed by atoms with Crippen LogP contribution in [-0.4, -0.2) is 0 Å². The third-order valence-corrected chi connectivity index (χ3v) is 27.7. The molecule has 0 amide bonds. The summed E-state index contributed by atoms with van der Waals surface area (Å²) in [4.78, 5) is 4.83. The fourth-order valence-corrected chi connectivity index (χ4v) is 19.7. The maximum absolute atomic E-state index is 2.87. The number of rotatable bonds is 40. The van der Waals surface area contributed by atoms with Crippen molar-refractivity contribution < 1.29 is 0 Å². The van der Waals surface area contributed by atoms with Gasteiger partial charge >= 0.3 is 0 Å². The minimum absolute atomic E-state index is 0.00572. The predicted octanol–water partition coefficient (Wildman–Crippen LogP) is 35.0. The molecule has 0 aromatic heterocycles. The monoisotopic (exact) mass is 1540 g/mol. The van der Waals surface area contributed by atoms with Crippen molar-refractivity contribution in [3.63, 3.8) is 0 Å². The lowest BCUT2D eigenvalue weighted by Crippen LogP contribution is -2.40. The van der Waals surface area contributed by atoms with Gasteiger partial charge < -0.3 is 9.80 Å². The standard InChI is InChI=1S/C114H140N2/c1-15-19-23-27-31-41-77-113(78-42-32-28-24-20-16-2)105-81-93(110(8,9)10)61-75-101(105)103-83-108-104(84-107(103)113)102-76-62-94(82-106(102)114(108,79-43-33-29-25-21-17-3)80-44-34-30-26-22-18-4)112(13,14)111(11,12)92-59-73-100(74-60-92)116(96-65-51-88(52-66-96)86-47-39-36-40-48-86)98-69-55-90(56-70-98)89-53-67-97(68-54-89)115(99-71-57-91(58-72-99)109(5,6)7)95-63-49-87(50-64-95)85-45-37-35-38-46-85/h35-40,45-76,81-84H,15-34,41-44,77-80H2,1-14H3. The normalized spacial score (nSPS) is 13.5. The van der Waals surface area contributed by atoms with Crippen molar-refractivity contribution in [1.29, 1.82) is 0 Å². The van der Waals surface area contributed by atoms with Crippen molar-refractivity contribution in [2.75, 3.05) is 9.80 Å². The first kappa shape index (κ1) is 84.9. The van der Waals surface area contributed by atoms with Gasteiger partial charge in [-0.05, 0) is 232 Å². The second-order valence-electron chi connectivity index (χ2n) is 38.1. The molecule has 0 atom stereocenters. The molecule has 116 heavy (non-hydrogen) atoms. The summed E-state index contributed by atoms with van der Waals surface area (Å²) >= 11 is 0. The fourth-order valence-electron chi connectivity index (χ4n) is 19.7. The van der Waals surface area contributed by atoms with Gasteiger partial charge in [0.1, 0.15) is 0 Å². The van der Waals surface area contributed by atoms with E-state index in [1.807, 2.05) is 0 Å². The number of fused-ring (bicyclic) bond motifs is 6. The molecule has 0 N–H and O–H groups in total. The molecule has 0 fully saturated rings. The Labute approximate surface area is 703 Å². The van der Waals surface area contributed by atoms with Gasteiger partial charge in [-0.1, -0.05) is 421 Å². The SMILES string of the molecule is CCCCCCCCC1(CCCCCCCC)c2cc(C(C)(C)C)ccc2-c2cc3c(cc21)-c1ccc(C(C)(C)C(C)(C)c2ccc(N(c4ccc(-c5ccccc5)cc4)c4ccc(-c5ccc(N(c6ccc(-c7ccccc7)cc6)c6ccc(C(C)(C)C)cc6)cc5)cc4)cc2)cc1C3(CCCCCCCC)CCCCCCCC. The summed E-state index contributed by atoms with van der Waals surface area (Å²) < 4.78 is 0. The summed E-state index contributed by atoms with van der Waals surface area (Å²) in [6, 6.07) is 98.5. The fraction of sp³-hybridized carbons (Fsp3) is 0.421. The van der Waals surface area contributed by atoms with Crippen LogP contribution in [0.1, 0.15) is 321 Å². The lowest BCUT2D eigenvalue weighted by atomic mass is 9.60. The van der Waals surface area contributed by atoms with Crippen LogP contribution in [0, 0.1) is 0 Å². The Morgan fingerprint density at radius 1 is 0.207 bits per heavy atom. The zero-order valence-electron chi connectivity index (χ0n) is 73.9. The smallest absolute Gasteiger partial charge is 0.0462 e. The van der Waals surface area contributed by atoms with Gasteiger partial charge in [-0.3, -0.25) is 0 Å². The Kier molecular flexibility index (Phi) is 27.9. The second kappa shape index (κ2) is 38.2. The molecule has 0 saturated carbocycles. The van der Waals surface area contributed by atoms with Gasteiger partial charge in [-0.2, -0.15) is 0 Å². The molecule has 2 heteroatoms. The van der Waals surface area contributed by atoms with E-state index < -0.39 is 0 Å². The van der Waals surface area contributed by atoms with E-state index in [-0.39, 0.29) is 32.5 Å². The number of unbranched alkanes of at least 4 members (excludes halogenated alkanes) is 20. The first-order valence-corrected chi connectivity index (χ1v) is 46.0. The molecule has 606 valence electrons. The second-order valence-corrected chi connectivity index (χ2v) is 38.1. The number of anilines is 6. The van der Waals surface area contributed by atoms with E-state index in [9.17, 15) is 0 Å². The summed E-state index contributed by atoms with van der Waals surface area (Å²) in [6.45, 7) is 33.8. The van der Waals surface area contributed by atoms with E-state index in [4.69, 9.17) is 0 Å². The third kappa shape index (κ3) is 18.8. The van der Waals surface area contributed by atoms with Crippen molar-refractivity contribution >= 4 is 34.1 Å². The first-order valence-electron chi connectivity index (χ1n) is 46.0. The van der Waals surface area contributed by atoms with E-state index in [0.717, 1.165) is 34.1 Å². The summed E-state index contributed by atoms with van der Waals surface area (Å²) in [5.41, 5.74) is 31.8. The van der Waals surface area contributed by atoms with E-state index in [0.29, 0.717) is 0 Å². The third-order valence-electron chi connectivity index (χ3n) is 27.7. The van der Waals surface area contributed by atoms with Gasteiger partial charge in [0, 0.05) is 45.0 Å². The molecular formula is C114H140N2. The largest absolute Gasteiger partial charge is 0.311 e. The molecule has 13 rings (SSSR count). The molecule has 11 aromatic carbocycles. The van der Waals surface area contributed by atoms with Crippen LogP contribution in [0.15, 0.2) is 255 Å². The van der Waals surface area contributed by atoms with Gasteiger partial charge in [0.05, 0.1) is 0 Å². The highest BCUT2D eigenvalue weighted by molar-refractivity contribution is 5.91. The van der Waals surface area contributed by atoms with E-state index in [1.165, 1.54) is 247 Å². The highest BCUT2D eigenvalue weighted by Crippen LogP contribution is 2.62. The molecule has 0 aliphatic heterocycles. The van der Waals surface area contributed by atoms with Crippen molar-refractivity contribution in [2.24, 2.45) is 0 Å². The molecule has 2 aliphatic rings. The Hall–Kier alpha value is -8.98. The number of benzene rings is 11. The predicted molar refractivity (Wildman–Crippen MR) is 506 cm³/mol. The van der Waals surface area contributed by atoms with Crippen LogP contribution in [0.25, 0.3) is 55.6 Å². The van der Waals surface area contributed by atoms with Crippen molar-refractivity contribution in [3.8, 4) is 55.6 Å². The Morgan fingerprint density at radius 2 is 0.440 bits per heavy atom. The number of hydrogen-bond donors (Lipinski definition) is 0. The van der Waals surface area contributed by atoms with Gasteiger partial charge in [0.25, 0.3) is 0 Å². The van der Waals surface area contributed by atoms with Crippen LogP contribution in [0.2, 0.25) is 0 Å². The molecule has 2 nitrogen and oxygen atoms in total. The maximum Gasteiger partial charge on any atom is 0.0462 e. The molecule has 2 aliphatic carbocycles. The van der Waals surface area contributed by atoms with Gasteiger partial charge in [0.15, 0.2) is 0 Å². The average molecular weight is 1540 g/mol. The highest BCUT2D eigenvalue weighted by atomic mass is 15.1. The zero-order valence-corrected chi connectivity index (χ0v) is 73.9. The van der Waals surface area contributed by atoms with Crippen molar-refractivity contribution in [1.82, 2.24) is 0 Å². The van der Waals surface area contributed by atoms with Crippen LogP contribution >= 0.6 is 0 Å². The van der Waals surface area contributed by atoms with Gasteiger partial charge in [0.2, 0.25) is 0 Å². The Balaban J connectivity index is 0.855. The number of nitrogens with zero attached hydrogens (tertiary/aromatic N) is 2. The molecule has 11 aromatic rings. The lowest BCUT2D eigenvalue weighted by molar-refractivity contribution is 0.302. The summed E-state index contributed by atoms with van der Waals surface area (Å²) in [6.07, 6.45) is 36.5. The van der Waals surface area contributed by atoms with E-state index in [1.54, 1.807) is 33.4 Å². The van der Waals surface area contributed by atoms with E-state index >= 15 is 0 Å². The molecule has 0 saturated heterocycles. The molecule has 0 unspecified atom stereocenters. The lowest BCUT2D eigenvalue weighted by Gasteiger charge is -2.44. The first-order chi connectivity index (χ1) is 56.1. The van der Waals surface area contributed by atoms with Crippen molar-refractivity contribution in [3.05, 3.63) is 299 Å². The average Bonchev–Trinajstić information content (AvgIpc) is 1.52. The minimum atomic E-state index is -0.254. The molecule has 0 radical (unpaired) electrons. The summed E-state index contributed by atoms with van der Waals surface area (Å²) in [5.74, 6) is 0.